The Hall–Kier alpha value is -4.84. The van der Waals surface area contributed by atoms with Crippen molar-refractivity contribution in [1.29, 1.82) is 0 Å². The number of benzene rings is 3. The first-order chi connectivity index (χ1) is 19.2. The SMILES string of the molecule is O=C(O)OC1(OC(=O)O)CCN(Cc2ccc(-c3noc(-c4ccc(-c5cc(F)cc(F)c5)cc4)n3)cc2)CC1. The van der Waals surface area contributed by atoms with Crippen LogP contribution in [0, 0.1) is 11.6 Å². The maximum atomic E-state index is 13.5. The second kappa shape index (κ2) is 11.1. The summed E-state index contributed by atoms with van der Waals surface area (Å²) in [5, 5.41) is 22.0. The van der Waals surface area contributed by atoms with Gasteiger partial charge in [0.05, 0.1) is 0 Å². The molecule has 40 heavy (non-hydrogen) atoms. The van der Waals surface area contributed by atoms with Crippen LogP contribution in [0.15, 0.2) is 71.3 Å². The summed E-state index contributed by atoms with van der Waals surface area (Å²) in [4.78, 5) is 28.5. The Kier molecular flexibility index (Phi) is 7.43. The average molecular weight is 552 g/mol. The lowest BCUT2D eigenvalue weighted by Gasteiger charge is -2.38. The molecule has 1 aromatic heterocycles. The number of nitrogens with zero attached hydrogens (tertiary/aromatic N) is 3. The molecule has 0 aliphatic carbocycles. The van der Waals surface area contributed by atoms with Crippen LogP contribution in [0.5, 0.6) is 0 Å². The Morgan fingerprint density at radius 2 is 1.38 bits per heavy atom. The third-order valence-electron chi connectivity index (χ3n) is 6.54. The molecule has 0 unspecified atom stereocenters. The van der Waals surface area contributed by atoms with Crippen LogP contribution in [0.2, 0.25) is 0 Å². The van der Waals surface area contributed by atoms with Crippen LogP contribution in [0.4, 0.5) is 18.4 Å². The van der Waals surface area contributed by atoms with Gasteiger partial charge in [0.1, 0.15) is 11.6 Å². The molecule has 0 atom stereocenters. The van der Waals surface area contributed by atoms with Gasteiger partial charge in [-0.15, -0.1) is 0 Å². The number of likely N-dealkylation sites (tertiary alicyclic amines) is 1. The number of carboxylic acid groups (broad SMARTS) is 2. The molecule has 2 heterocycles. The van der Waals surface area contributed by atoms with E-state index in [1.54, 1.807) is 24.3 Å². The predicted octanol–water partition coefficient (Wildman–Crippen LogP) is 6.03. The lowest BCUT2D eigenvalue weighted by molar-refractivity contribution is -0.205. The average Bonchev–Trinajstić information content (AvgIpc) is 3.40. The van der Waals surface area contributed by atoms with Gasteiger partial charge in [-0.2, -0.15) is 4.98 Å². The molecule has 12 heteroatoms. The molecular formula is C28H23F2N3O7. The largest absolute Gasteiger partial charge is 0.509 e. The van der Waals surface area contributed by atoms with Gasteiger partial charge in [-0.05, 0) is 41.0 Å². The second-order valence-electron chi connectivity index (χ2n) is 9.28. The van der Waals surface area contributed by atoms with Gasteiger partial charge in [0.2, 0.25) is 5.82 Å². The third-order valence-corrected chi connectivity index (χ3v) is 6.54. The summed E-state index contributed by atoms with van der Waals surface area (Å²) in [6.45, 7) is 1.31. The number of halogens is 2. The molecule has 0 saturated carbocycles. The van der Waals surface area contributed by atoms with Crippen molar-refractivity contribution in [2.45, 2.75) is 25.2 Å². The highest BCUT2D eigenvalue weighted by atomic mass is 19.1. The van der Waals surface area contributed by atoms with Crippen LogP contribution in [-0.4, -0.2) is 56.4 Å². The first-order valence-corrected chi connectivity index (χ1v) is 12.2. The molecular weight excluding hydrogens is 528 g/mol. The van der Waals surface area contributed by atoms with E-state index in [9.17, 15) is 18.4 Å². The van der Waals surface area contributed by atoms with Crippen molar-refractivity contribution in [3.63, 3.8) is 0 Å². The predicted molar refractivity (Wildman–Crippen MR) is 136 cm³/mol. The minimum Gasteiger partial charge on any atom is -0.450 e. The van der Waals surface area contributed by atoms with Crippen LogP contribution in [0.3, 0.4) is 0 Å². The van der Waals surface area contributed by atoms with Gasteiger partial charge in [0, 0.05) is 49.7 Å². The Labute approximate surface area is 226 Å². The quantitative estimate of drug-likeness (QED) is 0.207. The number of hydrogen-bond acceptors (Lipinski definition) is 8. The van der Waals surface area contributed by atoms with Gasteiger partial charge in [-0.25, -0.2) is 18.4 Å². The summed E-state index contributed by atoms with van der Waals surface area (Å²) in [6, 6.07) is 17.7. The standard InChI is InChI=1S/C28H23F2N3O7/c29-22-13-21(14-23(30)15-22)18-5-7-20(8-6-18)25-31-24(32-40-25)19-3-1-17(2-4-19)16-33-11-9-28(10-12-33,38-26(34)35)39-27(36)37/h1-8,13-15H,9-12,16H2,(H,34,35)(H,36,37). The fourth-order valence-electron chi connectivity index (χ4n) is 4.60. The number of ether oxygens (including phenoxy) is 2. The Morgan fingerprint density at radius 1 is 0.825 bits per heavy atom. The number of carbonyl (C=O) groups is 2. The van der Waals surface area contributed by atoms with Crippen molar-refractivity contribution in [3.8, 4) is 34.0 Å². The number of rotatable bonds is 7. The minimum absolute atomic E-state index is 0.0788. The molecule has 3 aromatic carbocycles. The monoisotopic (exact) mass is 551 g/mol. The van der Waals surface area contributed by atoms with E-state index in [2.05, 4.69) is 10.1 Å². The van der Waals surface area contributed by atoms with Crippen molar-refractivity contribution in [2.24, 2.45) is 0 Å². The summed E-state index contributed by atoms with van der Waals surface area (Å²) in [5.74, 6) is -2.33. The van der Waals surface area contributed by atoms with E-state index in [1.165, 1.54) is 12.1 Å². The molecule has 0 amide bonds. The molecule has 0 spiro atoms. The summed E-state index contributed by atoms with van der Waals surface area (Å²) in [7, 11) is 0. The highest BCUT2D eigenvalue weighted by molar-refractivity contribution is 5.68. The summed E-state index contributed by atoms with van der Waals surface area (Å²) < 4.78 is 42.0. The zero-order chi connectivity index (χ0) is 28.3. The summed E-state index contributed by atoms with van der Waals surface area (Å²) >= 11 is 0. The zero-order valence-corrected chi connectivity index (χ0v) is 20.9. The van der Waals surface area contributed by atoms with Gasteiger partial charge in [0.15, 0.2) is 0 Å². The molecule has 1 aliphatic rings. The van der Waals surface area contributed by atoms with E-state index in [0.717, 1.165) is 17.2 Å². The van der Waals surface area contributed by atoms with Gasteiger partial charge in [-0.3, -0.25) is 4.90 Å². The molecule has 206 valence electrons. The second-order valence-corrected chi connectivity index (χ2v) is 9.28. The number of piperidine rings is 1. The highest BCUT2D eigenvalue weighted by Crippen LogP contribution is 2.30. The molecule has 2 N–H and O–H groups in total. The van der Waals surface area contributed by atoms with Gasteiger partial charge < -0.3 is 24.2 Å². The van der Waals surface area contributed by atoms with E-state index in [-0.39, 0.29) is 12.8 Å². The van der Waals surface area contributed by atoms with Gasteiger partial charge in [-0.1, -0.05) is 41.6 Å². The molecule has 1 fully saturated rings. The van der Waals surface area contributed by atoms with Crippen LogP contribution < -0.4 is 0 Å². The van der Waals surface area contributed by atoms with Crippen molar-refractivity contribution < 1.29 is 42.6 Å². The molecule has 0 radical (unpaired) electrons. The normalized spacial score (nSPS) is 14.9. The Morgan fingerprint density at radius 3 is 1.95 bits per heavy atom. The van der Waals surface area contributed by atoms with Crippen molar-refractivity contribution in [3.05, 3.63) is 83.9 Å². The van der Waals surface area contributed by atoms with Crippen molar-refractivity contribution in [1.82, 2.24) is 15.0 Å². The molecule has 1 aliphatic heterocycles. The fourth-order valence-corrected chi connectivity index (χ4v) is 4.60. The van der Waals surface area contributed by atoms with Crippen LogP contribution in [0.25, 0.3) is 34.0 Å². The summed E-state index contributed by atoms with van der Waals surface area (Å²) in [5.41, 5.74) is 3.41. The molecule has 10 nitrogen and oxygen atoms in total. The maximum absolute atomic E-state index is 13.5. The van der Waals surface area contributed by atoms with Crippen LogP contribution in [-0.2, 0) is 16.0 Å². The molecule has 5 rings (SSSR count). The highest BCUT2D eigenvalue weighted by Gasteiger charge is 2.42. The number of aromatic nitrogens is 2. The minimum atomic E-state index is -1.70. The molecule has 1 saturated heterocycles. The molecule has 0 bridgehead atoms. The topological polar surface area (TPSA) is 135 Å². The zero-order valence-electron chi connectivity index (χ0n) is 20.9. The first kappa shape index (κ1) is 26.8. The Bertz CT molecular complexity index is 1480. The lowest BCUT2D eigenvalue weighted by atomic mass is 10.0. The first-order valence-electron chi connectivity index (χ1n) is 12.2. The van der Waals surface area contributed by atoms with E-state index in [1.807, 2.05) is 29.2 Å². The summed E-state index contributed by atoms with van der Waals surface area (Å²) in [6.07, 6.45) is -3.02. The van der Waals surface area contributed by atoms with Crippen LogP contribution >= 0.6 is 0 Å². The number of hydrogen-bond donors (Lipinski definition) is 2. The van der Waals surface area contributed by atoms with E-state index in [0.29, 0.717) is 48.0 Å². The van der Waals surface area contributed by atoms with Crippen molar-refractivity contribution >= 4 is 12.3 Å². The molecule has 4 aromatic rings. The van der Waals surface area contributed by atoms with Crippen molar-refractivity contribution in [2.75, 3.05) is 13.1 Å². The van der Waals surface area contributed by atoms with E-state index in [4.69, 9.17) is 24.2 Å². The van der Waals surface area contributed by atoms with Gasteiger partial charge in [0.25, 0.3) is 11.7 Å². The van der Waals surface area contributed by atoms with Gasteiger partial charge >= 0.3 is 12.3 Å². The van der Waals surface area contributed by atoms with E-state index >= 15 is 0 Å². The maximum Gasteiger partial charge on any atom is 0.509 e. The van der Waals surface area contributed by atoms with Crippen LogP contribution in [0.1, 0.15) is 18.4 Å². The Balaban J connectivity index is 1.21. The third kappa shape index (κ3) is 6.24. The van der Waals surface area contributed by atoms with E-state index < -0.39 is 29.7 Å². The lowest BCUT2D eigenvalue weighted by Crippen LogP contribution is -2.49. The fraction of sp³-hybridized carbons (Fsp3) is 0.214. The smallest absolute Gasteiger partial charge is 0.450 e.